The van der Waals surface area contributed by atoms with Crippen molar-refractivity contribution in [3.8, 4) is 0 Å². The minimum Gasteiger partial charge on any atom is -0.481 e. The molecule has 124 valence electrons. The van der Waals surface area contributed by atoms with E-state index in [-0.39, 0.29) is 6.42 Å². The second-order valence-corrected chi connectivity index (χ2v) is 4.39. The SMILES string of the molecule is NC(=O)CC(N)C(=O)NCC(=O)NC(CCC(=O)O)C(=O)O. The highest BCUT2D eigenvalue weighted by molar-refractivity contribution is 5.91. The number of primary amides is 1. The molecule has 0 radical (unpaired) electrons. The first-order chi connectivity index (χ1) is 10.1. The summed E-state index contributed by atoms with van der Waals surface area (Å²) in [5.74, 6) is -5.02. The maximum Gasteiger partial charge on any atom is 0.326 e. The van der Waals surface area contributed by atoms with Crippen molar-refractivity contribution >= 4 is 29.7 Å². The summed E-state index contributed by atoms with van der Waals surface area (Å²) in [6.07, 6.45) is -1.14. The average Bonchev–Trinajstić information content (AvgIpc) is 2.39. The van der Waals surface area contributed by atoms with Gasteiger partial charge in [0.15, 0.2) is 0 Å². The maximum absolute atomic E-state index is 11.5. The average molecular weight is 318 g/mol. The van der Waals surface area contributed by atoms with Crippen molar-refractivity contribution < 1.29 is 34.2 Å². The molecule has 0 aromatic rings. The Labute approximate surface area is 125 Å². The lowest BCUT2D eigenvalue weighted by Gasteiger charge is -2.15. The van der Waals surface area contributed by atoms with E-state index in [1.807, 2.05) is 0 Å². The van der Waals surface area contributed by atoms with Crippen LogP contribution < -0.4 is 22.1 Å². The highest BCUT2D eigenvalue weighted by Crippen LogP contribution is 1.98. The van der Waals surface area contributed by atoms with Gasteiger partial charge in [0, 0.05) is 6.42 Å². The van der Waals surface area contributed by atoms with Gasteiger partial charge in [-0.25, -0.2) is 4.79 Å². The van der Waals surface area contributed by atoms with E-state index in [1.165, 1.54) is 0 Å². The number of carboxylic acid groups (broad SMARTS) is 2. The molecule has 22 heavy (non-hydrogen) atoms. The molecule has 2 atom stereocenters. The number of nitrogens with two attached hydrogens (primary N) is 2. The number of rotatable bonds is 10. The molecular formula is C11H18N4O7. The fourth-order valence-electron chi connectivity index (χ4n) is 1.38. The Morgan fingerprint density at radius 3 is 2.14 bits per heavy atom. The van der Waals surface area contributed by atoms with Crippen molar-refractivity contribution in [1.82, 2.24) is 10.6 Å². The summed E-state index contributed by atoms with van der Waals surface area (Å²) in [4.78, 5) is 54.7. The number of hydrogen-bond donors (Lipinski definition) is 6. The molecular weight excluding hydrogens is 300 g/mol. The smallest absolute Gasteiger partial charge is 0.326 e. The van der Waals surface area contributed by atoms with Gasteiger partial charge < -0.3 is 32.3 Å². The summed E-state index contributed by atoms with van der Waals surface area (Å²) in [6.45, 7) is -0.567. The molecule has 0 spiro atoms. The molecule has 0 aliphatic carbocycles. The molecule has 0 saturated carbocycles. The van der Waals surface area contributed by atoms with Gasteiger partial charge in [-0.05, 0) is 6.42 Å². The number of aliphatic carboxylic acids is 2. The van der Waals surface area contributed by atoms with Crippen molar-refractivity contribution in [2.45, 2.75) is 31.3 Å². The first kappa shape index (κ1) is 19.3. The summed E-state index contributed by atoms with van der Waals surface area (Å²) in [5.41, 5.74) is 10.2. The lowest BCUT2D eigenvalue weighted by molar-refractivity contribution is -0.143. The second kappa shape index (κ2) is 9.28. The Balaban J connectivity index is 4.29. The van der Waals surface area contributed by atoms with Crippen LogP contribution in [0, 0.1) is 0 Å². The summed E-state index contributed by atoms with van der Waals surface area (Å²) in [6, 6.07) is -2.60. The number of amides is 3. The molecule has 2 unspecified atom stereocenters. The van der Waals surface area contributed by atoms with E-state index in [2.05, 4.69) is 10.6 Å². The Kier molecular flexibility index (Phi) is 8.15. The van der Waals surface area contributed by atoms with Gasteiger partial charge in [-0.15, -0.1) is 0 Å². The standard InChI is InChI=1S/C11H18N4O7/c12-5(3-7(13)16)10(20)14-4-8(17)15-6(11(21)22)1-2-9(18)19/h5-6H,1-4,12H2,(H2,13,16)(H,14,20)(H,15,17)(H,18,19)(H,21,22). The second-order valence-electron chi connectivity index (χ2n) is 4.39. The van der Waals surface area contributed by atoms with E-state index in [0.29, 0.717) is 0 Å². The van der Waals surface area contributed by atoms with E-state index in [4.69, 9.17) is 21.7 Å². The lowest BCUT2D eigenvalue weighted by atomic mass is 10.1. The van der Waals surface area contributed by atoms with Gasteiger partial charge >= 0.3 is 11.9 Å². The maximum atomic E-state index is 11.5. The van der Waals surface area contributed by atoms with Gasteiger partial charge in [-0.3, -0.25) is 19.2 Å². The highest BCUT2D eigenvalue weighted by atomic mass is 16.4. The summed E-state index contributed by atoms with van der Waals surface area (Å²) in [7, 11) is 0. The van der Waals surface area contributed by atoms with Crippen molar-refractivity contribution in [2.24, 2.45) is 11.5 Å². The number of carboxylic acids is 2. The van der Waals surface area contributed by atoms with Crippen LogP contribution in [0.15, 0.2) is 0 Å². The molecule has 0 aromatic heterocycles. The van der Waals surface area contributed by atoms with Crippen LogP contribution in [-0.4, -0.2) is 58.5 Å². The fourth-order valence-corrected chi connectivity index (χ4v) is 1.38. The third kappa shape index (κ3) is 8.47. The summed E-state index contributed by atoms with van der Waals surface area (Å²) >= 11 is 0. The number of hydrogen-bond acceptors (Lipinski definition) is 6. The van der Waals surface area contributed by atoms with Crippen molar-refractivity contribution in [1.29, 1.82) is 0 Å². The van der Waals surface area contributed by atoms with Crippen LogP contribution in [-0.2, 0) is 24.0 Å². The van der Waals surface area contributed by atoms with Crippen LogP contribution in [0.25, 0.3) is 0 Å². The van der Waals surface area contributed by atoms with Gasteiger partial charge in [0.1, 0.15) is 6.04 Å². The minimum atomic E-state index is -1.40. The quantitative estimate of drug-likeness (QED) is 0.241. The third-order valence-electron chi connectivity index (χ3n) is 2.46. The Morgan fingerprint density at radius 1 is 1.09 bits per heavy atom. The summed E-state index contributed by atoms with van der Waals surface area (Å²) in [5, 5.41) is 21.5. The van der Waals surface area contributed by atoms with Crippen LogP contribution in [0.5, 0.6) is 0 Å². The van der Waals surface area contributed by atoms with E-state index in [9.17, 15) is 24.0 Å². The van der Waals surface area contributed by atoms with Gasteiger partial charge in [0.25, 0.3) is 0 Å². The van der Waals surface area contributed by atoms with E-state index in [0.717, 1.165) is 0 Å². The molecule has 0 bridgehead atoms. The van der Waals surface area contributed by atoms with Gasteiger partial charge in [0.2, 0.25) is 17.7 Å². The van der Waals surface area contributed by atoms with Crippen LogP contribution in [0.4, 0.5) is 0 Å². The topological polar surface area (TPSA) is 202 Å². The molecule has 0 rings (SSSR count). The highest BCUT2D eigenvalue weighted by Gasteiger charge is 2.22. The third-order valence-corrected chi connectivity index (χ3v) is 2.46. The normalized spacial score (nSPS) is 12.8. The number of nitrogens with one attached hydrogen (secondary N) is 2. The largest absolute Gasteiger partial charge is 0.481 e. The molecule has 0 aliphatic rings. The molecule has 11 heteroatoms. The van der Waals surface area contributed by atoms with Crippen LogP contribution in [0.1, 0.15) is 19.3 Å². The number of carbonyl (C=O) groups excluding carboxylic acids is 3. The van der Waals surface area contributed by atoms with E-state index < -0.39 is 61.1 Å². The molecule has 0 aromatic carbocycles. The summed E-state index contributed by atoms with van der Waals surface area (Å²) < 4.78 is 0. The zero-order valence-electron chi connectivity index (χ0n) is 11.6. The van der Waals surface area contributed by atoms with Crippen LogP contribution >= 0.6 is 0 Å². The monoisotopic (exact) mass is 318 g/mol. The van der Waals surface area contributed by atoms with Crippen LogP contribution in [0.2, 0.25) is 0 Å². The first-order valence-corrected chi connectivity index (χ1v) is 6.19. The molecule has 3 amide bonds. The predicted molar refractivity (Wildman–Crippen MR) is 71.2 cm³/mol. The molecule has 0 aliphatic heterocycles. The van der Waals surface area contributed by atoms with Crippen LogP contribution in [0.3, 0.4) is 0 Å². The fraction of sp³-hybridized carbons (Fsp3) is 0.545. The molecule has 0 saturated heterocycles. The van der Waals surface area contributed by atoms with Crippen molar-refractivity contribution in [3.05, 3.63) is 0 Å². The van der Waals surface area contributed by atoms with Crippen molar-refractivity contribution in [2.75, 3.05) is 6.54 Å². The van der Waals surface area contributed by atoms with Gasteiger partial charge in [0.05, 0.1) is 19.0 Å². The Bertz CT molecular complexity index is 465. The Morgan fingerprint density at radius 2 is 1.68 bits per heavy atom. The predicted octanol–water partition coefficient (Wildman–Crippen LogP) is -3.26. The van der Waals surface area contributed by atoms with Crippen molar-refractivity contribution in [3.63, 3.8) is 0 Å². The lowest BCUT2D eigenvalue weighted by Crippen LogP contribution is -2.49. The molecule has 11 nitrogen and oxygen atoms in total. The zero-order chi connectivity index (χ0) is 17.3. The van der Waals surface area contributed by atoms with E-state index in [1.54, 1.807) is 0 Å². The Hall–Kier alpha value is -2.69. The molecule has 0 heterocycles. The molecule has 0 fully saturated rings. The van der Waals surface area contributed by atoms with E-state index >= 15 is 0 Å². The number of carbonyl (C=O) groups is 5. The first-order valence-electron chi connectivity index (χ1n) is 6.19. The minimum absolute atomic E-state index is 0.300. The zero-order valence-corrected chi connectivity index (χ0v) is 11.6. The molecule has 8 N–H and O–H groups in total. The van der Waals surface area contributed by atoms with Gasteiger partial charge in [-0.1, -0.05) is 0 Å². The van der Waals surface area contributed by atoms with Gasteiger partial charge in [-0.2, -0.15) is 0 Å².